The fourth-order valence-electron chi connectivity index (χ4n) is 1.87. The molecule has 4 nitrogen and oxygen atoms in total. The average Bonchev–Trinajstić information content (AvgIpc) is 2.47. The zero-order valence-corrected chi connectivity index (χ0v) is 12.7. The van der Waals surface area contributed by atoms with E-state index in [4.69, 9.17) is 33.2 Å². The Morgan fingerprint density at radius 1 is 1.24 bits per heavy atom. The molecule has 0 amide bonds. The summed E-state index contributed by atoms with van der Waals surface area (Å²) in [6, 6.07) is 10.2. The Balaban J connectivity index is 2.27. The Kier molecular flexibility index (Phi) is 4.79. The van der Waals surface area contributed by atoms with Crippen molar-refractivity contribution in [1.29, 1.82) is 5.26 Å². The quantitative estimate of drug-likeness (QED) is 0.885. The molecule has 0 saturated heterocycles. The maximum Gasteiger partial charge on any atom is 0.162 e. The molecular formula is C15H12Cl2N2O2. The molecule has 6 heteroatoms. The highest BCUT2D eigenvalue weighted by atomic mass is 35.5. The summed E-state index contributed by atoms with van der Waals surface area (Å²) in [5.41, 5.74) is 1.61. The number of nitrogens with one attached hydrogen (secondary N) is 1. The number of phenolic OH excluding ortho intramolecular Hbond substituents is 1. The van der Waals surface area contributed by atoms with E-state index in [2.05, 4.69) is 11.4 Å². The molecule has 0 unspecified atom stereocenters. The molecule has 0 heterocycles. The lowest BCUT2D eigenvalue weighted by Crippen LogP contribution is -2.02. The van der Waals surface area contributed by atoms with Gasteiger partial charge in [-0.2, -0.15) is 5.26 Å². The largest absolute Gasteiger partial charge is 0.504 e. The van der Waals surface area contributed by atoms with E-state index in [1.165, 1.54) is 13.2 Å². The molecule has 0 saturated carbocycles. The van der Waals surface area contributed by atoms with Gasteiger partial charge in [-0.1, -0.05) is 23.2 Å². The highest BCUT2D eigenvalue weighted by molar-refractivity contribution is 6.31. The first-order valence-corrected chi connectivity index (χ1v) is 6.79. The number of phenols is 1. The number of rotatable bonds is 4. The van der Waals surface area contributed by atoms with E-state index in [1.54, 1.807) is 24.3 Å². The lowest BCUT2D eigenvalue weighted by Gasteiger charge is -2.12. The number of nitriles is 1. The van der Waals surface area contributed by atoms with E-state index in [9.17, 15) is 5.11 Å². The predicted octanol–water partition coefficient (Wildman–Crippen LogP) is 4.19. The van der Waals surface area contributed by atoms with Crippen LogP contribution >= 0.6 is 23.2 Å². The van der Waals surface area contributed by atoms with E-state index in [0.717, 1.165) is 0 Å². The van der Waals surface area contributed by atoms with Crippen LogP contribution in [-0.4, -0.2) is 12.2 Å². The molecule has 2 aromatic carbocycles. The average molecular weight is 323 g/mol. The second-order valence-corrected chi connectivity index (χ2v) is 5.14. The van der Waals surface area contributed by atoms with Gasteiger partial charge in [0.1, 0.15) is 6.07 Å². The van der Waals surface area contributed by atoms with Crippen molar-refractivity contribution in [3.8, 4) is 17.6 Å². The number of nitrogens with zero attached hydrogens (tertiary/aromatic N) is 1. The van der Waals surface area contributed by atoms with Gasteiger partial charge in [-0.3, -0.25) is 0 Å². The summed E-state index contributed by atoms with van der Waals surface area (Å²) in [6.07, 6.45) is 0. The van der Waals surface area contributed by atoms with Crippen LogP contribution in [0.1, 0.15) is 11.1 Å². The molecule has 0 bridgehead atoms. The van der Waals surface area contributed by atoms with Gasteiger partial charge >= 0.3 is 0 Å². The number of hydrogen-bond acceptors (Lipinski definition) is 4. The maximum atomic E-state index is 10.1. The van der Waals surface area contributed by atoms with Gasteiger partial charge in [0, 0.05) is 28.2 Å². The maximum absolute atomic E-state index is 10.1. The third-order valence-electron chi connectivity index (χ3n) is 2.91. The van der Waals surface area contributed by atoms with E-state index in [1.807, 2.05) is 0 Å². The van der Waals surface area contributed by atoms with Crippen LogP contribution in [0.25, 0.3) is 0 Å². The number of hydrogen-bond donors (Lipinski definition) is 2. The van der Waals surface area contributed by atoms with Crippen LogP contribution in [0.4, 0.5) is 5.69 Å². The second-order valence-electron chi connectivity index (χ2n) is 4.27. The third-order valence-corrected chi connectivity index (χ3v) is 3.36. The zero-order valence-electron chi connectivity index (χ0n) is 11.2. The van der Waals surface area contributed by atoms with Crippen molar-refractivity contribution in [2.75, 3.05) is 12.4 Å². The Labute approximate surface area is 132 Å². The van der Waals surface area contributed by atoms with Crippen LogP contribution in [0.5, 0.6) is 11.5 Å². The van der Waals surface area contributed by atoms with Crippen LogP contribution in [0.2, 0.25) is 10.0 Å². The first kappa shape index (κ1) is 15.3. The molecule has 0 aromatic heterocycles. The molecule has 0 fully saturated rings. The summed E-state index contributed by atoms with van der Waals surface area (Å²) in [7, 11) is 1.45. The molecule has 0 aliphatic heterocycles. The first-order valence-electron chi connectivity index (χ1n) is 6.04. The standard InChI is InChI=1S/C15H12Cl2N2O2/c1-21-14-6-12(17)4-10(15(14)20)8-19-13-5-11(16)3-2-9(13)7-18/h2-6,19-20H,8H2,1H3. The number of anilines is 1. The molecule has 0 radical (unpaired) electrons. The molecule has 2 rings (SSSR count). The van der Waals surface area contributed by atoms with Crippen molar-refractivity contribution in [2.45, 2.75) is 6.54 Å². The van der Waals surface area contributed by atoms with Crippen molar-refractivity contribution in [3.05, 3.63) is 51.5 Å². The van der Waals surface area contributed by atoms with Crippen molar-refractivity contribution in [1.82, 2.24) is 0 Å². The Morgan fingerprint density at radius 3 is 2.67 bits per heavy atom. The Bertz CT molecular complexity index is 712. The second kappa shape index (κ2) is 6.57. The van der Waals surface area contributed by atoms with Crippen molar-refractivity contribution < 1.29 is 9.84 Å². The number of ether oxygens (including phenoxy) is 1. The smallest absolute Gasteiger partial charge is 0.162 e. The fourth-order valence-corrected chi connectivity index (χ4v) is 2.27. The SMILES string of the molecule is COc1cc(Cl)cc(CNc2cc(Cl)ccc2C#N)c1O. The molecule has 2 N–H and O–H groups in total. The number of aromatic hydroxyl groups is 1. The van der Waals surface area contributed by atoms with Gasteiger partial charge in [-0.15, -0.1) is 0 Å². The van der Waals surface area contributed by atoms with Gasteiger partial charge in [-0.25, -0.2) is 0 Å². The number of halogens is 2. The summed E-state index contributed by atoms with van der Waals surface area (Å²) in [5, 5.41) is 23.2. The topological polar surface area (TPSA) is 65.3 Å². The summed E-state index contributed by atoms with van der Waals surface area (Å²) in [6.45, 7) is 0.276. The molecule has 21 heavy (non-hydrogen) atoms. The molecule has 0 aliphatic carbocycles. The van der Waals surface area contributed by atoms with E-state index in [-0.39, 0.29) is 12.3 Å². The van der Waals surface area contributed by atoms with E-state index in [0.29, 0.717) is 32.6 Å². The summed E-state index contributed by atoms with van der Waals surface area (Å²) < 4.78 is 5.05. The van der Waals surface area contributed by atoms with Crippen molar-refractivity contribution in [3.63, 3.8) is 0 Å². The predicted molar refractivity (Wildman–Crippen MR) is 83.2 cm³/mol. The number of benzene rings is 2. The van der Waals surface area contributed by atoms with Gasteiger partial charge in [0.05, 0.1) is 18.4 Å². The number of methoxy groups -OCH3 is 1. The molecular weight excluding hydrogens is 311 g/mol. The van der Waals surface area contributed by atoms with Gasteiger partial charge < -0.3 is 15.2 Å². The van der Waals surface area contributed by atoms with Crippen LogP contribution in [0.3, 0.4) is 0 Å². The van der Waals surface area contributed by atoms with Crippen LogP contribution in [0, 0.1) is 11.3 Å². The molecule has 0 aliphatic rings. The van der Waals surface area contributed by atoms with E-state index < -0.39 is 0 Å². The van der Waals surface area contributed by atoms with Crippen LogP contribution in [-0.2, 0) is 6.54 Å². The fraction of sp³-hybridized carbons (Fsp3) is 0.133. The first-order chi connectivity index (χ1) is 10.0. The lowest BCUT2D eigenvalue weighted by atomic mass is 10.1. The van der Waals surface area contributed by atoms with Gasteiger partial charge in [0.25, 0.3) is 0 Å². The van der Waals surface area contributed by atoms with Gasteiger partial charge in [0.2, 0.25) is 0 Å². The molecule has 0 spiro atoms. The minimum absolute atomic E-state index is 0.00920. The summed E-state index contributed by atoms with van der Waals surface area (Å²) in [5.74, 6) is 0.306. The third kappa shape index (κ3) is 3.52. The molecule has 0 atom stereocenters. The lowest BCUT2D eigenvalue weighted by molar-refractivity contribution is 0.371. The van der Waals surface area contributed by atoms with Gasteiger partial charge in [-0.05, 0) is 24.3 Å². The van der Waals surface area contributed by atoms with Crippen molar-refractivity contribution >= 4 is 28.9 Å². The molecule has 2 aromatic rings. The highest BCUT2D eigenvalue weighted by Gasteiger charge is 2.11. The van der Waals surface area contributed by atoms with Gasteiger partial charge in [0.15, 0.2) is 11.5 Å². The Hall–Kier alpha value is -2.09. The Morgan fingerprint density at radius 2 is 2.00 bits per heavy atom. The van der Waals surface area contributed by atoms with Crippen molar-refractivity contribution in [2.24, 2.45) is 0 Å². The monoisotopic (exact) mass is 322 g/mol. The summed E-state index contributed by atoms with van der Waals surface area (Å²) >= 11 is 11.9. The van der Waals surface area contributed by atoms with Crippen LogP contribution in [0.15, 0.2) is 30.3 Å². The summed E-state index contributed by atoms with van der Waals surface area (Å²) in [4.78, 5) is 0. The normalized spacial score (nSPS) is 10.0. The minimum atomic E-state index is 0.00920. The molecule has 108 valence electrons. The zero-order chi connectivity index (χ0) is 15.4. The highest BCUT2D eigenvalue weighted by Crippen LogP contribution is 2.34. The van der Waals surface area contributed by atoms with Crippen LogP contribution < -0.4 is 10.1 Å². The van der Waals surface area contributed by atoms with E-state index >= 15 is 0 Å². The minimum Gasteiger partial charge on any atom is -0.504 e.